The number of esters is 1. The van der Waals surface area contributed by atoms with Crippen LogP contribution >= 0.6 is 0 Å². The molecule has 7 heteroatoms. The minimum absolute atomic E-state index is 0.0159. The van der Waals surface area contributed by atoms with Crippen molar-refractivity contribution in [1.29, 1.82) is 0 Å². The number of amides is 1. The van der Waals surface area contributed by atoms with E-state index in [-0.39, 0.29) is 18.0 Å². The van der Waals surface area contributed by atoms with E-state index in [0.29, 0.717) is 32.2 Å². The molecular formula is C52H98N2O5. The Bertz CT molecular complexity index is 982. The molecule has 0 saturated heterocycles. The molecule has 0 bridgehead atoms. The summed E-state index contributed by atoms with van der Waals surface area (Å²) in [6.07, 6.45) is 55.3. The van der Waals surface area contributed by atoms with E-state index in [1.165, 1.54) is 161 Å². The van der Waals surface area contributed by atoms with Crippen LogP contribution in [0.25, 0.3) is 0 Å². The van der Waals surface area contributed by atoms with E-state index in [9.17, 15) is 19.5 Å². The van der Waals surface area contributed by atoms with Gasteiger partial charge in [0.05, 0.1) is 0 Å². The van der Waals surface area contributed by atoms with Crippen LogP contribution in [-0.4, -0.2) is 41.6 Å². The van der Waals surface area contributed by atoms with Crippen LogP contribution in [-0.2, 0) is 19.1 Å². The van der Waals surface area contributed by atoms with Crippen molar-refractivity contribution in [1.82, 2.24) is 5.32 Å². The molecule has 0 aliphatic heterocycles. The highest BCUT2D eigenvalue weighted by atomic mass is 16.5. The van der Waals surface area contributed by atoms with Gasteiger partial charge < -0.3 is 20.9 Å². The molecule has 2 atom stereocenters. The van der Waals surface area contributed by atoms with Crippen LogP contribution in [0.5, 0.6) is 0 Å². The van der Waals surface area contributed by atoms with E-state index < -0.39 is 12.0 Å². The molecule has 0 fully saturated rings. The molecule has 0 heterocycles. The molecule has 0 aliphatic carbocycles. The maximum atomic E-state index is 12.9. The van der Waals surface area contributed by atoms with Gasteiger partial charge >= 0.3 is 11.9 Å². The molecule has 59 heavy (non-hydrogen) atoms. The smallest absolute Gasteiger partial charge is 0.326 e. The molecule has 346 valence electrons. The molecule has 7 nitrogen and oxygen atoms in total. The van der Waals surface area contributed by atoms with Gasteiger partial charge in [-0.1, -0.05) is 199 Å². The van der Waals surface area contributed by atoms with Gasteiger partial charge in [0.1, 0.15) is 12.1 Å². The number of carbonyl (C=O) groups excluding carboxylic acids is 2. The fraction of sp³-hybridized carbons (Fsp3) is 0.865. The largest absolute Gasteiger partial charge is 0.480 e. The summed E-state index contributed by atoms with van der Waals surface area (Å²) in [7, 11) is 0. The standard InChI is InChI=1S/C52H98N2O5/c1-3-5-7-9-11-13-15-16-17-18-19-20-21-22-23-24-25-26-27-29-31-36-40-46-51(56)59-48(42-37-33-30-28-14-12-10-8-6-4-2)43-38-34-32-35-39-45-50(55)54-49(52(57)58)44-41-47-53/h15-16,18-19,48-49H,3-14,17,20-47,53H2,1-2H3,(H,54,55)(H,57,58)/b16-15-,19-18-. The molecule has 0 aliphatic rings. The number of carbonyl (C=O) groups is 3. The molecule has 4 N–H and O–H groups in total. The second kappa shape index (κ2) is 46.9. The average Bonchev–Trinajstić information content (AvgIpc) is 3.22. The third kappa shape index (κ3) is 43.7. The topological polar surface area (TPSA) is 119 Å². The Balaban J connectivity index is 4.12. The second-order valence-corrected chi connectivity index (χ2v) is 17.6. The lowest BCUT2D eigenvalue weighted by molar-refractivity contribution is -0.150. The zero-order valence-corrected chi connectivity index (χ0v) is 39.1. The molecule has 0 saturated carbocycles. The van der Waals surface area contributed by atoms with Crippen LogP contribution in [0.4, 0.5) is 0 Å². The Labute approximate surface area is 365 Å². The fourth-order valence-corrected chi connectivity index (χ4v) is 7.90. The fourth-order valence-electron chi connectivity index (χ4n) is 7.90. The SMILES string of the molecule is CCCCCCC/C=C\C/C=C\CCCCCCCCCCCCCC(=O)OC(CCCCCCCCCCCC)CCCCCCCC(=O)NC(CCCN)C(=O)O. The van der Waals surface area contributed by atoms with Crippen molar-refractivity contribution >= 4 is 17.8 Å². The first kappa shape index (κ1) is 56.9. The number of carboxylic acids is 1. The van der Waals surface area contributed by atoms with Gasteiger partial charge in [0.25, 0.3) is 0 Å². The van der Waals surface area contributed by atoms with Gasteiger partial charge in [0.15, 0.2) is 0 Å². The Hall–Kier alpha value is -2.15. The van der Waals surface area contributed by atoms with E-state index in [0.717, 1.165) is 70.6 Å². The lowest BCUT2D eigenvalue weighted by atomic mass is 10.0. The van der Waals surface area contributed by atoms with Crippen molar-refractivity contribution in [2.24, 2.45) is 5.73 Å². The minimum atomic E-state index is -1.00. The number of nitrogens with one attached hydrogen (secondary N) is 1. The van der Waals surface area contributed by atoms with Gasteiger partial charge in [-0.05, 0) is 90.0 Å². The van der Waals surface area contributed by atoms with Crippen molar-refractivity contribution < 1.29 is 24.2 Å². The van der Waals surface area contributed by atoms with Gasteiger partial charge in [0.2, 0.25) is 5.91 Å². The van der Waals surface area contributed by atoms with Gasteiger partial charge in [-0.15, -0.1) is 0 Å². The summed E-state index contributed by atoms with van der Waals surface area (Å²) in [4.78, 5) is 36.5. The molecule has 1 amide bonds. The van der Waals surface area contributed by atoms with Crippen molar-refractivity contribution in [2.75, 3.05) is 6.54 Å². The van der Waals surface area contributed by atoms with Gasteiger partial charge in [0, 0.05) is 12.8 Å². The van der Waals surface area contributed by atoms with Crippen LogP contribution in [0.1, 0.15) is 271 Å². The van der Waals surface area contributed by atoms with Crippen LogP contribution in [0.3, 0.4) is 0 Å². The van der Waals surface area contributed by atoms with Gasteiger partial charge in [-0.25, -0.2) is 4.79 Å². The number of rotatable bonds is 47. The zero-order chi connectivity index (χ0) is 43.1. The van der Waals surface area contributed by atoms with Crippen molar-refractivity contribution in [2.45, 2.75) is 283 Å². The average molecular weight is 831 g/mol. The molecule has 2 unspecified atom stereocenters. The van der Waals surface area contributed by atoms with Crippen molar-refractivity contribution in [3.05, 3.63) is 24.3 Å². The predicted octanol–water partition coefficient (Wildman–Crippen LogP) is 15.2. The number of unbranched alkanes of at least 4 members (excludes halogenated alkanes) is 29. The number of allylic oxidation sites excluding steroid dienone is 4. The summed E-state index contributed by atoms with van der Waals surface area (Å²) in [6.45, 7) is 4.95. The summed E-state index contributed by atoms with van der Waals surface area (Å²) >= 11 is 0. The first-order chi connectivity index (χ1) is 28.9. The Kier molecular flexibility index (Phi) is 45.2. The van der Waals surface area contributed by atoms with Gasteiger partial charge in [-0.3, -0.25) is 9.59 Å². The molecular weight excluding hydrogens is 733 g/mol. The summed E-state index contributed by atoms with van der Waals surface area (Å²) in [5.74, 6) is -1.22. The molecule has 0 radical (unpaired) electrons. The molecule has 0 aromatic rings. The van der Waals surface area contributed by atoms with E-state index in [1.54, 1.807) is 0 Å². The number of hydrogen-bond donors (Lipinski definition) is 3. The Morgan fingerprint density at radius 1 is 0.492 bits per heavy atom. The van der Waals surface area contributed by atoms with Crippen molar-refractivity contribution in [3.63, 3.8) is 0 Å². The normalized spacial score (nSPS) is 12.7. The number of ether oxygens (including phenoxy) is 1. The maximum Gasteiger partial charge on any atom is 0.326 e. The molecule has 0 rings (SSSR count). The number of hydrogen-bond acceptors (Lipinski definition) is 5. The molecule has 0 aromatic carbocycles. The maximum absolute atomic E-state index is 12.9. The van der Waals surface area contributed by atoms with E-state index >= 15 is 0 Å². The van der Waals surface area contributed by atoms with E-state index in [4.69, 9.17) is 10.5 Å². The molecule has 0 spiro atoms. The van der Waals surface area contributed by atoms with Crippen LogP contribution in [0, 0.1) is 0 Å². The second-order valence-electron chi connectivity index (χ2n) is 17.6. The summed E-state index contributed by atoms with van der Waals surface area (Å²) < 4.78 is 6.07. The third-order valence-electron chi connectivity index (χ3n) is 11.8. The lowest BCUT2D eigenvalue weighted by Gasteiger charge is -2.18. The lowest BCUT2D eigenvalue weighted by Crippen LogP contribution is -2.40. The number of nitrogens with two attached hydrogens (primary N) is 1. The summed E-state index contributed by atoms with van der Waals surface area (Å²) in [5, 5.41) is 12.0. The highest BCUT2D eigenvalue weighted by Crippen LogP contribution is 2.19. The Morgan fingerprint density at radius 3 is 1.31 bits per heavy atom. The first-order valence-corrected chi connectivity index (χ1v) is 25.7. The first-order valence-electron chi connectivity index (χ1n) is 25.7. The van der Waals surface area contributed by atoms with Crippen LogP contribution in [0.15, 0.2) is 24.3 Å². The Morgan fingerprint density at radius 2 is 0.881 bits per heavy atom. The van der Waals surface area contributed by atoms with Crippen molar-refractivity contribution in [3.8, 4) is 0 Å². The predicted molar refractivity (Wildman–Crippen MR) is 253 cm³/mol. The van der Waals surface area contributed by atoms with E-state index in [2.05, 4.69) is 43.5 Å². The molecule has 0 aromatic heterocycles. The van der Waals surface area contributed by atoms with E-state index in [1.807, 2.05) is 0 Å². The minimum Gasteiger partial charge on any atom is -0.480 e. The summed E-state index contributed by atoms with van der Waals surface area (Å²) in [5.41, 5.74) is 5.50. The van der Waals surface area contributed by atoms with Crippen LogP contribution in [0.2, 0.25) is 0 Å². The number of aliphatic carboxylic acids is 1. The quantitative estimate of drug-likeness (QED) is 0.0319. The number of carboxylic acid groups (broad SMARTS) is 1. The highest BCUT2D eigenvalue weighted by Gasteiger charge is 2.19. The monoisotopic (exact) mass is 831 g/mol. The highest BCUT2D eigenvalue weighted by molar-refractivity contribution is 5.83. The van der Waals surface area contributed by atoms with Crippen LogP contribution < -0.4 is 11.1 Å². The summed E-state index contributed by atoms with van der Waals surface area (Å²) in [6, 6.07) is -0.855. The zero-order valence-electron chi connectivity index (χ0n) is 39.1. The third-order valence-corrected chi connectivity index (χ3v) is 11.8. The van der Waals surface area contributed by atoms with Gasteiger partial charge in [-0.2, -0.15) is 0 Å².